The number of hydrogen-bond donors (Lipinski definition) is 1. The van der Waals surface area contributed by atoms with E-state index in [0.29, 0.717) is 32.5 Å². The number of esters is 1. The highest BCUT2D eigenvalue weighted by Gasteiger charge is 2.56. The SMILES string of the molecule is CCOC(=O)c1ccc(NC(=O)Cn2c3c(sc2=O)[C@@H](c2ccc(OC)cc2)[C@@H]2C(=O)N(c4ccc(F)cc4)C(=O)[C@@H]2S3)cc1. The summed E-state index contributed by atoms with van der Waals surface area (Å²) in [6.07, 6.45) is 0. The first-order valence-electron chi connectivity index (χ1n) is 13.9. The van der Waals surface area contributed by atoms with Crippen molar-refractivity contribution >= 4 is 58.2 Å². The zero-order chi connectivity index (χ0) is 31.8. The van der Waals surface area contributed by atoms with Crippen LogP contribution in [0.1, 0.15) is 33.6 Å². The van der Waals surface area contributed by atoms with Gasteiger partial charge in [0.1, 0.15) is 23.4 Å². The number of benzene rings is 3. The van der Waals surface area contributed by atoms with Gasteiger partial charge in [0.05, 0.1) is 35.9 Å². The van der Waals surface area contributed by atoms with Crippen molar-refractivity contribution < 1.29 is 33.0 Å². The summed E-state index contributed by atoms with van der Waals surface area (Å²) in [5.74, 6) is -3.31. The largest absolute Gasteiger partial charge is 0.497 e. The molecule has 3 aromatic carbocycles. The van der Waals surface area contributed by atoms with Gasteiger partial charge >= 0.3 is 10.8 Å². The van der Waals surface area contributed by atoms with Gasteiger partial charge in [-0.1, -0.05) is 35.2 Å². The first-order valence-corrected chi connectivity index (χ1v) is 15.6. The summed E-state index contributed by atoms with van der Waals surface area (Å²) in [5.41, 5.74) is 1.71. The maximum absolute atomic E-state index is 13.9. The Bertz CT molecular complexity index is 1850. The zero-order valence-corrected chi connectivity index (χ0v) is 25.7. The van der Waals surface area contributed by atoms with E-state index in [2.05, 4.69) is 5.32 Å². The molecule has 0 bridgehead atoms. The Morgan fingerprint density at radius 2 is 1.62 bits per heavy atom. The van der Waals surface area contributed by atoms with E-state index in [9.17, 15) is 28.4 Å². The number of carbonyl (C=O) groups is 4. The van der Waals surface area contributed by atoms with Gasteiger partial charge in [0.15, 0.2) is 0 Å². The van der Waals surface area contributed by atoms with Gasteiger partial charge in [-0.15, -0.1) is 0 Å². The number of thioether (sulfide) groups is 1. The number of amides is 3. The minimum atomic E-state index is -0.888. The van der Waals surface area contributed by atoms with Gasteiger partial charge in [0.25, 0.3) is 0 Å². The Kier molecular flexibility index (Phi) is 8.30. The molecule has 10 nitrogen and oxygen atoms in total. The first-order chi connectivity index (χ1) is 21.7. The highest BCUT2D eigenvalue weighted by molar-refractivity contribution is 8.00. The van der Waals surface area contributed by atoms with Gasteiger partial charge in [-0.25, -0.2) is 14.1 Å². The second-order valence-corrected chi connectivity index (χ2v) is 12.4. The van der Waals surface area contributed by atoms with Crippen LogP contribution in [0, 0.1) is 11.7 Å². The molecule has 1 fully saturated rings. The van der Waals surface area contributed by atoms with Crippen molar-refractivity contribution in [2.24, 2.45) is 5.92 Å². The Labute approximate surface area is 264 Å². The first kappa shape index (κ1) is 30.3. The number of halogens is 1. The molecule has 0 unspecified atom stereocenters. The van der Waals surface area contributed by atoms with E-state index < -0.39 is 51.5 Å². The predicted molar refractivity (Wildman–Crippen MR) is 166 cm³/mol. The van der Waals surface area contributed by atoms with E-state index >= 15 is 0 Å². The number of nitrogens with zero attached hydrogens (tertiary/aromatic N) is 2. The number of thiazole rings is 1. The minimum Gasteiger partial charge on any atom is -0.497 e. The van der Waals surface area contributed by atoms with Crippen LogP contribution < -0.4 is 19.8 Å². The fraction of sp³-hybridized carbons (Fsp3) is 0.219. The molecule has 2 aliphatic rings. The van der Waals surface area contributed by atoms with Crippen molar-refractivity contribution in [1.29, 1.82) is 0 Å². The number of rotatable bonds is 8. The molecule has 0 radical (unpaired) electrons. The number of fused-ring (bicyclic) bond motifs is 2. The van der Waals surface area contributed by atoms with Crippen LogP contribution in [-0.4, -0.2) is 47.2 Å². The van der Waals surface area contributed by atoms with Crippen LogP contribution in [0.3, 0.4) is 0 Å². The summed E-state index contributed by atoms with van der Waals surface area (Å²) < 4.78 is 25.3. The molecule has 4 aromatic rings. The van der Waals surface area contributed by atoms with Gasteiger partial charge in [0.2, 0.25) is 17.7 Å². The standard InChI is InChI=1S/C32H26FN3O7S2/c1-3-43-31(40)18-4-10-20(11-5-18)34-23(37)16-35-30-27(45-32(35)41)24(17-6-14-22(42-2)15-7-17)25-26(44-30)29(39)36(28(25)38)21-12-8-19(33)9-13-21/h4-15,24-26H,3,16H2,1-2H3,(H,34,37)/t24-,25-,26+/m0/s1. The lowest BCUT2D eigenvalue weighted by Crippen LogP contribution is -2.33. The Hall–Kier alpha value is -4.75. The average Bonchev–Trinajstić information content (AvgIpc) is 3.48. The van der Waals surface area contributed by atoms with Crippen molar-refractivity contribution in [3.63, 3.8) is 0 Å². The number of anilines is 2. The molecule has 6 rings (SSSR count). The van der Waals surface area contributed by atoms with Crippen molar-refractivity contribution in [3.8, 4) is 5.75 Å². The monoisotopic (exact) mass is 647 g/mol. The Balaban J connectivity index is 1.34. The zero-order valence-electron chi connectivity index (χ0n) is 24.0. The van der Waals surface area contributed by atoms with Gasteiger partial charge < -0.3 is 14.8 Å². The Morgan fingerprint density at radius 3 is 2.27 bits per heavy atom. The van der Waals surface area contributed by atoms with Crippen molar-refractivity contribution in [3.05, 3.63) is 104 Å². The molecule has 1 aromatic heterocycles. The maximum Gasteiger partial charge on any atom is 0.338 e. The number of ether oxygens (including phenoxy) is 2. The van der Waals surface area contributed by atoms with Gasteiger partial charge in [-0.2, -0.15) is 0 Å². The van der Waals surface area contributed by atoms with E-state index in [-0.39, 0.29) is 18.8 Å². The van der Waals surface area contributed by atoms with Crippen LogP contribution >= 0.6 is 23.1 Å². The summed E-state index contributed by atoms with van der Waals surface area (Å²) in [5, 5.41) is 2.28. The molecule has 2 aliphatic heterocycles. The molecule has 3 heterocycles. The average molecular weight is 648 g/mol. The minimum absolute atomic E-state index is 0.236. The molecule has 13 heteroatoms. The Morgan fingerprint density at radius 1 is 0.933 bits per heavy atom. The third-order valence-corrected chi connectivity index (χ3v) is 10.2. The lowest BCUT2D eigenvalue weighted by Gasteiger charge is -2.30. The van der Waals surface area contributed by atoms with Crippen molar-refractivity contribution in [2.45, 2.75) is 29.7 Å². The molecule has 230 valence electrons. The second-order valence-electron chi connectivity index (χ2n) is 10.3. The summed E-state index contributed by atoms with van der Waals surface area (Å²) >= 11 is 2.02. The smallest absolute Gasteiger partial charge is 0.338 e. The molecule has 3 atom stereocenters. The van der Waals surface area contributed by atoms with E-state index in [1.54, 1.807) is 43.3 Å². The summed E-state index contributed by atoms with van der Waals surface area (Å²) in [4.78, 5) is 67.4. The highest BCUT2D eigenvalue weighted by Crippen LogP contribution is 2.54. The fourth-order valence-corrected chi connectivity index (χ4v) is 8.29. The van der Waals surface area contributed by atoms with Crippen LogP contribution in [0.4, 0.5) is 15.8 Å². The van der Waals surface area contributed by atoms with Crippen LogP contribution in [0.5, 0.6) is 5.75 Å². The number of hydrogen-bond acceptors (Lipinski definition) is 9. The van der Waals surface area contributed by atoms with E-state index in [1.807, 2.05) is 0 Å². The predicted octanol–water partition coefficient (Wildman–Crippen LogP) is 4.67. The molecule has 1 N–H and O–H groups in total. The lowest BCUT2D eigenvalue weighted by atomic mass is 9.83. The normalized spacial score (nSPS) is 18.7. The molecular formula is C32H26FN3O7S2. The van der Waals surface area contributed by atoms with Crippen LogP contribution in [0.15, 0.2) is 82.6 Å². The fourth-order valence-electron chi connectivity index (χ4n) is 5.52. The second kappa shape index (κ2) is 12.3. The van der Waals surface area contributed by atoms with E-state index in [4.69, 9.17) is 9.47 Å². The topological polar surface area (TPSA) is 124 Å². The van der Waals surface area contributed by atoms with Crippen LogP contribution in [0.25, 0.3) is 0 Å². The van der Waals surface area contributed by atoms with Crippen molar-refractivity contribution in [2.75, 3.05) is 23.9 Å². The highest BCUT2D eigenvalue weighted by atomic mass is 32.2. The maximum atomic E-state index is 13.9. The molecule has 3 amide bonds. The van der Waals surface area contributed by atoms with Gasteiger partial charge in [0, 0.05) is 16.5 Å². The van der Waals surface area contributed by atoms with E-state index in [1.165, 1.54) is 48.1 Å². The van der Waals surface area contributed by atoms with Crippen LogP contribution in [0.2, 0.25) is 0 Å². The third kappa shape index (κ3) is 5.64. The van der Waals surface area contributed by atoms with E-state index in [0.717, 1.165) is 28.0 Å². The number of nitrogens with one attached hydrogen (secondary N) is 1. The molecule has 0 aliphatic carbocycles. The van der Waals surface area contributed by atoms with Crippen LogP contribution in [-0.2, 0) is 25.7 Å². The molecular weight excluding hydrogens is 621 g/mol. The molecule has 1 saturated heterocycles. The molecule has 45 heavy (non-hydrogen) atoms. The third-order valence-electron chi connectivity index (χ3n) is 7.59. The summed E-state index contributed by atoms with van der Waals surface area (Å²) in [6.45, 7) is 1.60. The molecule has 0 spiro atoms. The number of carbonyl (C=O) groups excluding carboxylic acids is 4. The number of aromatic nitrogens is 1. The quantitative estimate of drug-likeness (QED) is 0.216. The number of imide groups is 1. The molecule has 0 saturated carbocycles. The lowest BCUT2D eigenvalue weighted by molar-refractivity contribution is -0.122. The number of methoxy groups -OCH3 is 1. The summed E-state index contributed by atoms with van der Waals surface area (Å²) in [7, 11) is 1.53. The van der Waals surface area contributed by atoms with Gasteiger partial charge in [-0.05, 0) is 73.2 Å². The van der Waals surface area contributed by atoms with Gasteiger partial charge in [-0.3, -0.25) is 23.7 Å². The summed E-state index contributed by atoms with van der Waals surface area (Å²) in [6, 6.07) is 18.4. The van der Waals surface area contributed by atoms with Crippen molar-refractivity contribution in [1.82, 2.24) is 4.57 Å².